The van der Waals surface area contributed by atoms with E-state index in [0.717, 1.165) is 31.7 Å². The van der Waals surface area contributed by atoms with E-state index in [-0.39, 0.29) is 6.10 Å². The second kappa shape index (κ2) is 6.32. The summed E-state index contributed by atoms with van der Waals surface area (Å²) in [5, 5.41) is 9.86. The van der Waals surface area contributed by atoms with Gasteiger partial charge >= 0.3 is 0 Å². The number of nitrogens with zero attached hydrogens (tertiary/aromatic N) is 3. The van der Waals surface area contributed by atoms with Gasteiger partial charge in [0.1, 0.15) is 0 Å². The largest absolute Gasteiger partial charge is 0.481 e. The molecule has 1 fully saturated rings. The summed E-state index contributed by atoms with van der Waals surface area (Å²) >= 11 is 0. The Morgan fingerprint density at radius 3 is 2.95 bits per heavy atom. The number of pyridine rings is 1. The number of ether oxygens (including phenoxy) is 1. The van der Waals surface area contributed by atoms with Crippen LogP contribution >= 0.6 is 0 Å². The van der Waals surface area contributed by atoms with Crippen LogP contribution in [0, 0.1) is 0 Å². The lowest BCUT2D eigenvalue weighted by molar-refractivity contribution is 0.168. The van der Waals surface area contributed by atoms with Crippen LogP contribution < -0.4 is 4.74 Å². The second-order valence-electron chi connectivity index (χ2n) is 5.41. The van der Waals surface area contributed by atoms with Crippen LogP contribution in [0.5, 0.6) is 5.88 Å². The quantitative estimate of drug-likeness (QED) is 0.844. The lowest BCUT2D eigenvalue weighted by atomic mass is 10.2. The van der Waals surface area contributed by atoms with E-state index in [1.165, 1.54) is 0 Å². The van der Waals surface area contributed by atoms with E-state index >= 15 is 0 Å². The van der Waals surface area contributed by atoms with Gasteiger partial charge in [-0.25, -0.2) is 4.98 Å². The average molecular weight is 265 g/mol. The lowest BCUT2D eigenvalue weighted by Gasteiger charge is -2.26. The summed E-state index contributed by atoms with van der Waals surface area (Å²) in [5.74, 6) is 0.640. The number of aromatic nitrogens is 1. The Hall–Kier alpha value is -1.17. The minimum Gasteiger partial charge on any atom is -0.481 e. The van der Waals surface area contributed by atoms with Crippen molar-refractivity contribution >= 4 is 0 Å². The van der Waals surface area contributed by atoms with Crippen LogP contribution in [0.15, 0.2) is 18.2 Å². The van der Waals surface area contributed by atoms with Crippen LogP contribution in [0.2, 0.25) is 0 Å². The van der Waals surface area contributed by atoms with Crippen molar-refractivity contribution in [3.05, 3.63) is 23.9 Å². The van der Waals surface area contributed by atoms with E-state index in [1.807, 2.05) is 18.2 Å². The van der Waals surface area contributed by atoms with Crippen molar-refractivity contribution in [3.63, 3.8) is 0 Å². The van der Waals surface area contributed by atoms with Crippen molar-refractivity contribution in [3.8, 4) is 5.88 Å². The minimum atomic E-state index is -0.226. The Labute approximate surface area is 114 Å². The highest BCUT2D eigenvalue weighted by molar-refractivity contribution is 5.15. The highest BCUT2D eigenvalue weighted by Gasteiger charge is 2.31. The monoisotopic (exact) mass is 265 g/mol. The zero-order chi connectivity index (χ0) is 13.8. The molecule has 0 radical (unpaired) electrons. The van der Waals surface area contributed by atoms with Gasteiger partial charge in [0.2, 0.25) is 5.88 Å². The molecule has 2 heterocycles. The van der Waals surface area contributed by atoms with Crippen molar-refractivity contribution in [2.24, 2.45) is 0 Å². The summed E-state index contributed by atoms with van der Waals surface area (Å²) < 4.78 is 5.14. The summed E-state index contributed by atoms with van der Waals surface area (Å²) in [4.78, 5) is 8.89. The topological polar surface area (TPSA) is 48.8 Å². The van der Waals surface area contributed by atoms with Crippen LogP contribution in [0.3, 0.4) is 0 Å². The van der Waals surface area contributed by atoms with Crippen LogP contribution in [0.4, 0.5) is 0 Å². The first-order valence-electron chi connectivity index (χ1n) is 6.65. The molecule has 5 nitrogen and oxygen atoms in total. The molecular weight excluding hydrogens is 242 g/mol. The Balaban J connectivity index is 2.03. The molecule has 1 N–H and O–H groups in total. The van der Waals surface area contributed by atoms with Gasteiger partial charge in [-0.05, 0) is 26.6 Å². The maximum absolute atomic E-state index is 9.86. The van der Waals surface area contributed by atoms with Crippen molar-refractivity contribution in [2.75, 3.05) is 34.3 Å². The molecule has 0 spiro atoms. The third-order valence-corrected chi connectivity index (χ3v) is 3.44. The predicted octanol–water partition coefficient (Wildman–Crippen LogP) is 0.587. The number of hydrogen-bond acceptors (Lipinski definition) is 5. The smallest absolute Gasteiger partial charge is 0.213 e. The zero-order valence-electron chi connectivity index (χ0n) is 11.9. The van der Waals surface area contributed by atoms with E-state index in [0.29, 0.717) is 11.9 Å². The van der Waals surface area contributed by atoms with Crippen molar-refractivity contribution in [1.82, 2.24) is 14.8 Å². The first-order chi connectivity index (χ1) is 9.08. The van der Waals surface area contributed by atoms with Crippen LogP contribution in [-0.2, 0) is 6.54 Å². The molecule has 0 aliphatic carbocycles. The van der Waals surface area contributed by atoms with E-state index < -0.39 is 0 Å². The second-order valence-corrected chi connectivity index (χ2v) is 5.41. The van der Waals surface area contributed by atoms with Gasteiger partial charge in [-0.3, -0.25) is 4.90 Å². The van der Waals surface area contributed by atoms with Crippen LogP contribution in [0.25, 0.3) is 0 Å². The molecule has 2 unspecified atom stereocenters. The first kappa shape index (κ1) is 14.2. The molecule has 0 bridgehead atoms. The molecule has 1 aliphatic heterocycles. The van der Waals surface area contributed by atoms with E-state index in [4.69, 9.17) is 4.74 Å². The Morgan fingerprint density at radius 2 is 2.26 bits per heavy atom. The number of likely N-dealkylation sites (tertiary alicyclic amines) is 1. The average Bonchev–Trinajstić information content (AvgIpc) is 2.69. The summed E-state index contributed by atoms with van der Waals surface area (Å²) in [6.07, 6.45) is 0.609. The van der Waals surface area contributed by atoms with Gasteiger partial charge in [0, 0.05) is 31.7 Å². The molecule has 5 heteroatoms. The molecule has 0 aromatic carbocycles. The summed E-state index contributed by atoms with van der Waals surface area (Å²) in [7, 11) is 5.75. The fourth-order valence-electron chi connectivity index (χ4n) is 2.63. The van der Waals surface area contributed by atoms with Crippen LogP contribution in [0.1, 0.15) is 12.1 Å². The van der Waals surface area contributed by atoms with E-state index in [1.54, 1.807) is 7.11 Å². The molecule has 0 saturated carbocycles. The summed E-state index contributed by atoms with van der Waals surface area (Å²) in [5.41, 5.74) is 0.984. The maximum Gasteiger partial charge on any atom is 0.213 e. The fraction of sp³-hybridized carbons (Fsp3) is 0.643. The number of aliphatic hydroxyl groups is 1. The number of aliphatic hydroxyl groups excluding tert-OH is 1. The molecule has 1 aromatic heterocycles. The van der Waals surface area contributed by atoms with Crippen LogP contribution in [-0.4, -0.2) is 66.3 Å². The predicted molar refractivity (Wildman–Crippen MR) is 74.2 cm³/mol. The Morgan fingerprint density at radius 1 is 1.47 bits per heavy atom. The molecule has 2 atom stereocenters. The molecule has 1 saturated heterocycles. The van der Waals surface area contributed by atoms with Gasteiger partial charge < -0.3 is 14.7 Å². The van der Waals surface area contributed by atoms with Gasteiger partial charge in [-0.1, -0.05) is 6.07 Å². The number of β-amino-alcohol motifs (C(OH)–C–C–N with tert-alkyl or cyclic N) is 1. The first-order valence-corrected chi connectivity index (χ1v) is 6.65. The van der Waals surface area contributed by atoms with Crippen molar-refractivity contribution in [2.45, 2.75) is 25.1 Å². The van der Waals surface area contributed by atoms with Gasteiger partial charge in [0.15, 0.2) is 0 Å². The molecule has 19 heavy (non-hydrogen) atoms. The minimum absolute atomic E-state index is 0.226. The number of rotatable bonds is 5. The third-order valence-electron chi connectivity index (χ3n) is 3.44. The standard InChI is InChI=1S/C14H23N3O2/c1-16(2)9-12-7-13(18)10-17(12)8-11-5-4-6-14(15-11)19-3/h4-6,12-13,18H,7-10H2,1-3H3. The molecule has 1 aliphatic rings. The molecule has 2 rings (SSSR count). The normalized spacial score (nSPS) is 24.1. The van der Waals surface area contributed by atoms with E-state index in [9.17, 15) is 5.11 Å². The Kier molecular flexibility index (Phi) is 4.74. The number of likely N-dealkylation sites (N-methyl/N-ethyl adjacent to an activating group) is 1. The highest BCUT2D eigenvalue weighted by atomic mass is 16.5. The third kappa shape index (κ3) is 3.89. The molecule has 1 aromatic rings. The Bertz CT molecular complexity index is 411. The van der Waals surface area contributed by atoms with Gasteiger partial charge in [-0.15, -0.1) is 0 Å². The van der Waals surface area contributed by atoms with Crippen molar-refractivity contribution in [1.29, 1.82) is 0 Å². The molecular formula is C14H23N3O2. The maximum atomic E-state index is 9.86. The lowest BCUT2D eigenvalue weighted by Crippen LogP contribution is -2.37. The molecule has 106 valence electrons. The van der Waals surface area contributed by atoms with Gasteiger partial charge in [0.25, 0.3) is 0 Å². The molecule has 0 amide bonds. The number of hydrogen-bond donors (Lipinski definition) is 1. The van der Waals surface area contributed by atoms with E-state index in [2.05, 4.69) is 28.9 Å². The number of methoxy groups -OCH3 is 1. The summed E-state index contributed by atoms with van der Waals surface area (Å²) in [6.45, 7) is 2.44. The zero-order valence-corrected chi connectivity index (χ0v) is 11.9. The summed E-state index contributed by atoms with van der Waals surface area (Å²) in [6, 6.07) is 6.19. The van der Waals surface area contributed by atoms with Crippen molar-refractivity contribution < 1.29 is 9.84 Å². The fourth-order valence-corrected chi connectivity index (χ4v) is 2.63. The highest BCUT2D eigenvalue weighted by Crippen LogP contribution is 2.21. The SMILES string of the molecule is COc1cccc(CN2CC(O)CC2CN(C)C)n1. The van der Waals surface area contributed by atoms with Gasteiger partial charge in [0.05, 0.1) is 18.9 Å². The van der Waals surface area contributed by atoms with Gasteiger partial charge in [-0.2, -0.15) is 0 Å².